The van der Waals surface area contributed by atoms with Crippen LogP contribution >= 0.6 is 23.8 Å². The van der Waals surface area contributed by atoms with Crippen molar-refractivity contribution in [2.45, 2.75) is 6.92 Å². The molecule has 5 heteroatoms. The fraction of sp³-hybridized carbons (Fsp3) is 0.0588. The molecule has 22 heavy (non-hydrogen) atoms. The average molecular weight is 328 g/mol. The predicted molar refractivity (Wildman–Crippen MR) is 97.8 cm³/mol. The van der Waals surface area contributed by atoms with E-state index in [9.17, 15) is 0 Å². The van der Waals surface area contributed by atoms with Crippen molar-refractivity contribution in [3.8, 4) is 0 Å². The van der Waals surface area contributed by atoms with E-state index in [1.165, 1.54) is 0 Å². The molecule has 0 aliphatic rings. The van der Waals surface area contributed by atoms with Crippen LogP contribution in [0.5, 0.6) is 0 Å². The third-order valence-electron chi connectivity index (χ3n) is 3.41. The second-order valence-electron chi connectivity index (χ2n) is 4.87. The van der Waals surface area contributed by atoms with Gasteiger partial charge in [-0.15, -0.1) is 0 Å². The molecule has 3 nitrogen and oxygen atoms in total. The van der Waals surface area contributed by atoms with Crippen LogP contribution in [-0.4, -0.2) is 10.1 Å². The Bertz CT molecular complexity index is 843. The molecule has 0 aliphatic heterocycles. The first kappa shape index (κ1) is 14.8. The van der Waals surface area contributed by atoms with E-state index in [0.717, 1.165) is 27.8 Å². The topological polar surface area (TPSA) is 37.0 Å². The summed E-state index contributed by atoms with van der Waals surface area (Å²) >= 11 is 11.5. The van der Waals surface area contributed by atoms with Gasteiger partial charge in [-0.3, -0.25) is 4.98 Å². The predicted octanol–water partition coefficient (Wildman–Crippen LogP) is 5.01. The number of nitrogens with zero attached hydrogens (tertiary/aromatic N) is 1. The molecule has 3 rings (SSSR count). The number of hydrogen-bond acceptors (Lipinski definition) is 2. The van der Waals surface area contributed by atoms with Crippen molar-refractivity contribution in [1.29, 1.82) is 0 Å². The van der Waals surface area contributed by atoms with Gasteiger partial charge < -0.3 is 10.6 Å². The molecule has 0 atom stereocenters. The lowest BCUT2D eigenvalue weighted by Crippen LogP contribution is -2.19. The van der Waals surface area contributed by atoms with E-state index in [0.29, 0.717) is 10.1 Å². The molecule has 0 saturated carbocycles. The molecule has 110 valence electrons. The van der Waals surface area contributed by atoms with E-state index in [1.807, 2.05) is 55.5 Å². The molecule has 0 spiro atoms. The molecular formula is C17H14ClN3S. The minimum Gasteiger partial charge on any atom is -0.332 e. The van der Waals surface area contributed by atoms with Gasteiger partial charge in [-0.1, -0.05) is 23.7 Å². The SMILES string of the molecule is Cc1c(Cl)cccc1NC(=S)Nc1cccc2ncccc12. The summed E-state index contributed by atoms with van der Waals surface area (Å²) < 4.78 is 0. The van der Waals surface area contributed by atoms with Crippen LogP contribution in [0.3, 0.4) is 0 Å². The maximum absolute atomic E-state index is 6.12. The van der Waals surface area contributed by atoms with Gasteiger partial charge in [0.25, 0.3) is 0 Å². The van der Waals surface area contributed by atoms with Gasteiger partial charge in [0.15, 0.2) is 5.11 Å². The molecular weight excluding hydrogens is 314 g/mol. The van der Waals surface area contributed by atoms with Crippen molar-refractivity contribution < 1.29 is 0 Å². The van der Waals surface area contributed by atoms with Crippen LogP contribution in [-0.2, 0) is 0 Å². The number of benzene rings is 2. The largest absolute Gasteiger partial charge is 0.332 e. The van der Waals surface area contributed by atoms with E-state index in [1.54, 1.807) is 6.20 Å². The Kier molecular flexibility index (Phi) is 4.22. The van der Waals surface area contributed by atoms with Gasteiger partial charge in [0.1, 0.15) is 0 Å². The normalized spacial score (nSPS) is 10.5. The number of fused-ring (bicyclic) bond motifs is 1. The summed E-state index contributed by atoms with van der Waals surface area (Å²) in [6.07, 6.45) is 1.78. The van der Waals surface area contributed by atoms with Gasteiger partial charge in [0.2, 0.25) is 0 Å². The zero-order chi connectivity index (χ0) is 15.5. The van der Waals surface area contributed by atoms with Gasteiger partial charge in [0, 0.05) is 28.0 Å². The Balaban J connectivity index is 1.83. The molecule has 2 aromatic carbocycles. The van der Waals surface area contributed by atoms with Crippen LogP contribution in [0.15, 0.2) is 54.7 Å². The zero-order valence-corrected chi connectivity index (χ0v) is 13.5. The molecule has 0 bridgehead atoms. The molecule has 0 saturated heterocycles. The number of thiocarbonyl (C=S) groups is 1. The fourth-order valence-corrected chi connectivity index (χ4v) is 2.63. The average Bonchev–Trinajstić information content (AvgIpc) is 2.52. The molecule has 3 aromatic rings. The van der Waals surface area contributed by atoms with Gasteiger partial charge in [-0.05, 0) is 61.1 Å². The fourth-order valence-electron chi connectivity index (χ4n) is 2.23. The number of hydrogen-bond donors (Lipinski definition) is 2. The number of anilines is 2. The minimum absolute atomic E-state index is 0.515. The molecule has 0 amide bonds. The van der Waals surface area contributed by atoms with Crippen molar-refractivity contribution >= 4 is 51.2 Å². The third-order valence-corrected chi connectivity index (χ3v) is 4.02. The molecule has 0 aliphatic carbocycles. The second-order valence-corrected chi connectivity index (χ2v) is 5.68. The zero-order valence-electron chi connectivity index (χ0n) is 11.9. The summed E-state index contributed by atoms with van der Waals surface area (Å²) in [6.45, 7) is 1.95. The summed E-state index contributed by atoms with van der Waals surface area (Å²) in [5, 5.41) is 8.65. The first-order chi connectivity index (χ1) is 10.6. The highest BCUT2D eigenvalue weighted by molar-refractivity contribution is 7.80. The standard InChI is InChI=1S/C17H14ClN3S/c1-11-13(18)6-2-7-14(11)20-17(22)21-16-9-3-8-15-12(16)5-4-10-19-15/h2-10H,1H3,(H2,20,21,22). The maximum atomic E-state index is 6.12. The van der Waals surface area contributed by atoms with Crippen LogP contribution in [0.25, 0.3) is 10.9 Å². The van der Waals surface area contributed by atoms with E-state index < -0.39 is 0 Å². The Hall–Kier alpha value is -2.17. The highest BCUT2D eigenvalue weighted by atomic mass is 35.5. The van der Waals surface area contributed by atoms with Crippen molar-refractivity contribution in [2.75, 3.05) is 10.6 Å². The lowest BCUT2D eigenvalue weighted by molar-refractivity contribution is 1.41. The van der Waals surface area contributed by atoms with E-state index in [4.69, 9.17) is 23.8 Å². The monoisotopic (exact) mass is 327 g/mol. The first-order valence-electron chi connectivity index (χ1n) is 6.82. The van der Waals surface area contributed by atoms with Crippen LogP contribution in [0.4, 0.5) is 11.4 Å². The number of aromatic nitrogens is 1. The van der Waals surface area contributed by atoms with E-state index in [2.05, 4.69) is 15.6 Å². The van der Waals surface area contributed by atoms with Crippen molar-refractivity contribution in [2.24, 2.45) is 0 Å². The number of pyridine rings is 1. The van der Waals surface area contributed by atoms with Gasteiger partial charge >= 0.3 is 0 Å². The molecule has 1 heterocycles. The third kappa shape index (κ3) is 3.03. The van der Waals surface area contributed by atoms with Gasteiger partial charge in [0.05, 0.1) is 5.52 Å². The number of rotatable bonds is 2. The summed E-state index contributed by atoms with van der Waals surface area (Å²) in [5.74, 6) is 0. The van der Waals surface area contributed by atoms with Crippen LogP contribution in [0.2, 0.25) is 5.02 Å². The van der Waals surface area contributed by atoms with Crippen molar-refractivity contribution in [3.63, 3.8) is 0 Å². The number of halogens is 1. The highest BCUT2D eigenvalue weighted by Crippen LogP contribution is 2.24. The van der Waals surface area contributed by atoms with Crippen LogP contribution in [0.1, 0.15) is 5.56 Å². The molecule has 0 unspecified atom stereocenters. The highest BCUT2D eigenvalue weighted by Gasteiger charge is 2.06. The lowest BCUT2D eigenvalue weighted by Gasteiger charge is -2.14. The summed E-state index contributed by atoms with van der Waals surface area (Å²) in [7, 11) is 0. The first-order valence-corrected chi connectivity index (χ1v) is 7.60. The van der Waals surface area contributed by atoms with E-state index in [-0.39, 0.29) is 0 Å². The second kappa shape index (κ2) is 6.30. The summed E-state index contributed by atoms with van der Waals surface area (Å²) in [4.78, 5) is 4.34. The van der Waals surface area contributed by atoms with Crippen molar-refractivity contribution in [3.05, 3.63) is 65.3 Å². The molecule has 2 N–H and O–H groups in total. The van der Waals surface area contributed by atoms with Crippen molar-refractivity contribution in [1.82, 2.24) is 4.98 Å². The summed E-state index contributed by atoms with van der Waals surface area (Å²) in [5.41, 5.74) is 3.70. The molecule has 0 radical (unpaired) electrons. The molecule has 1 aromatic heterocycles. The molecule has 0 fully saturated rings. The number of nitrogens with one attached hydrogen (secondary N) is 2. The van der Waals surface area contributed by atoms with Gasteiger partial charge in [-0.2, -0.15) is 0 Å². The lowest BCUT2D eigenvalue weighted by atomic mass is 10.2. The Morgan fingerprint density at radius 1 is 1.00 bits per heavy atom. The maximum Gasteiger partial charge on any atom is 0.175 e. The van der Waals surface area contributed by atoms with E-state index >= 15 is 0 Å². The minimum atomic E-state index is 0.515. The smallest absolute Gasteiger partial charge is 0.175 e. The Morgan fingerprint density at radius 2 is 1.73 bits per heavy atom. The summed E-state index contributed by atoms with van der Waals surface area (Å²) in [6, 6.07) is 15.5. The Labute approximate surface area is 139 Å². The Morgan fingerprint density at radius 3 is 2.59 bits per heavy atom. The van der Waals surface area contributed by atoms with Gasteiger partial charge in [-0.25, -0.2) is 0 Å². The quantitative estimate of drug-likeness (QED) is 0.649. The van der Waals surface area contributed by atoms with Crippen LogP contribution in [0, 0.1) is 6.92 Å². The van der Waals surface area contributed by atoms with Crippen LogP contribution < -0.4 is 10.6 Å².